The molecule has 1 aliphatic rings. The molecule has 0 unspecified atom stereocenters. The number of aromatic hydroxyl groups is 1. The van der Waals surface area contributed by atoms with Crippen molar-refractivity contribution in [2.75, 3.05) is 0 Å². The highest BCUT2D eigenvalue weighted by atomic mass is 16.3. The van der Waals surface area contributed by atoms with Crippen LogP contribution in [0.15, 0.2) is 6.20 Å². The molecule has 0 aromatic carbocycles. The highest BCUT2D eigenvalue weighted by Gasteiger charge is 2.28. The van der Waals surface area contributed by atoms with E-state index in [0.29, 0.717) is 11.3 Å². The Balaban J connectivity index is 2.25. The largest absolute Gasteiger partial charge is 0.493 e. The van der Waals surface area contributed by atoms with Crippen molar-refractivity contribution >= 4 is 11.0 Å². The van der Waals surface area contributed by atoms with Crippen molar-refractivity contribution in [1.29, 1.82) is 0 Å². The van der Waals surface area contributed by atoms with Gasteiger partial charge in [0, 0.05) is 12.5 Å². The molecule has 0 saturated heterocycles. The SMILES string of the molecule is CCn1ncc2c(O)nc(C3CC3)nc21. The molecule has 0 atom stereocenters. The second-order valence-electron chi connectivity index (χ2n) is 3.88. The van der Waals surface area contributed by atoms with Crippen LogP contribution in [-0.2, 0) is 6.54 Å². The zero-order valence-electron chi connectivity index (χ0n) is 8.51. The molecule has 2 aromatic rings. The molecule has 0 amide bonds. The molecule has 0 radical (unpaired) electrons. The Labute approximate surface area is 86.8 Å². The van der Waals surface area contributed by atoms with E-state index < -0.39 is 0 Å². The normalized spacial score (nSPS) is 16.1. The molecule has 5 heteroatoms. The molecule has 1 fully saturated rings. The zero-order chi connectivity index (χ0) is 10.4. The maximum Gasteiger partial charge on any atom is 0.225 e. The Morgan fingerprint density at radius 1 is 1.47 bits per heavy atom. The van der Waals surface area contributed by atoms with Crippen molar-refractivity contribution < 1.29 is 5.11 Å². The number of aromatic nitrogens is 4. The van der Waals surface area contributed by atoms with Gasteiger partial charge in [-0.1, -0.05) is 0 Å². The third-order valence-electron chi connectivity index (χ3n) is 2.74. The molecule has 1 saturated carbocycles. The minimum atomic E-state index is 0.0570. The summed E-state index contributed by atoms with van der Waals surface area (Å²) in [5.41, 5.74) is 0.743. The van der Waals surface area contributed by atoms with Crippen molar-refractivity contribution in [3.8, 4) is 5.88 Å². The summed E-state index contributed by atoms with van der Waals surface area (Å²) in [6, 6.07) is 0. The molecule has 0 aliphatic heterocycles. The van der Waals surface area contributed by atoms with Gasteiger partial charge in [0.2, 0.25) is 5.88 Å². The summed E-state index contributed by atoms with van der Waals surface area (Å²) >= 11 is 0. The minimum absolute atomic E-state index is 0.0570. The lowest BCUT2D eigenvalue weighted by atomic mass is 10.3. The van der Waals surface area contributed by atoms with Crippen LogP contribution in [-0.4, -0.2) is 24.9 Å². The van der Waals surface area contributed by atoms with Gasteiger partial charge in [0.25, 0.3) is 0 Å². The average molecular weight is 204 g/mol. The zero-order valence-corrected chi connectivity index (χ0v) is 8.51. The van der Waals surface area contributed by atoms with Crippen LogP contribution in [0.5, 0.6) is 5.88 Å². The van der Waals surface area contributed by atoms with Crippen molar-refractivity contribution in [1.82, 2.24) is 19.7 Å². The maximum atomic E-state index is 9.73. The lowest BCUT2D eigenvalue weighted by Crippen LogP contribution is -2.00. The lowest BCUT2D eigenvalue weighted by molar-refractivity contribution is 0.456. The van der Waals surface area contributed by atoms with Gasteiger partial charge in [0.1, 0.15) is 11.2 Å². The van der Waals surface area contributed by atoms with Gasteiger partial charge in [0.15, 0.2) is 5.65 Å². The van der Waals surface area contributed by atoms with E-state index in [1.54, 1.807) is 10.9 Å². The van der Waals surface area contributed by atoms with E-state index in [-0.39, 0.29) is 5.88 Å². The summed E-state index contributed by atoms with van der Waals surface area (Å²) in [6.45, 7) is 2.76. The predicted molar refractivity (Wildman–Crippen MR) is 54.6 cm³/mol. The molecule has 3 rings (SSSR count). The van der Waals surface area contributed by atoms with E-state index >= 15 is 0 Å². The van der Waals surface area contributed by atoms with Crippen molar-refractivity contribution in [2.45, 2.75) is 32.2 Å². The van der Waals surface area contributed by atoms with Crippen LogP contribution < -0.4 is 0 Å². The van der Waals surface area contributed by atoms with Gasteiger partial charge < -0.3 is 5.11 Å². The summed E-state index contributed by atoms with van der Waals surface area (Å²) in [4.78, 5) is 8.56. The van der Waals surface area contributed by atoms with Crippen molar-refractivity contribution in [3.05, 3.63) is 12.0 Å². The van der Waals surface area contributed by atoms with Crippen LogP contribution in [0.2, 0.25) is 0 Å². The average Bonchev–Trinajstić information content (AvgIpc) is 2.99. The smallest absolute Gasteiger partial charge is 0.225 e. The number of fused-ring (bicyclic) bond motifs is 1. The molecule has 2 heterocycles. The van der Waals surface area contributed by atoms with E-state index in [0.717, 1.165) is 30.9 Å². The van der Waals surface area contributed by atoms with Gasteiger partial charge in [-0.25, -0.2) is 9.67 Å². The van der Waals surface area contributed by atoms with Crippen LogP contribution in [0.1, 0.15) is 31.5 Å². The molecule has 1 N–H and O–H groups in total. The molecule has 0 spiro atoms. The van der Waals surface area contributed by atoms with E-state index in [9.17, 15) is 5.11 Å². The molecule has 15 heavy (non-hydrogen) atoms. The standard InChI is InChI=1S/C10H12N4O/c1-2-14-9-7(5-11-14)10(15)13-8(12-9)6-3-4-6/h5-6H,2-4H2,1H3,(H,12,13,15). The summed E-state index contributed by atoms with van der Waals surface area (Å²) in [6.07, 6.45) is 3.88. The molecule has 1 aliphatic carbocycles. The van der Waals surface area contributed by atoms with Crippen LogP contribution in [0, 0.1) is 0 Å². The summed E-state index contributed by atoms with van der Waals surface area (Å²) < 4.78 is 1.78. The van der Waals surface area contributed by atoms with Crippen molar-refractivity contribution in [2.24, 2.45) is 0 Å². The number of hydrogen-bond donors (Lipinski definition) is 1. The molecular formula is C10H12N4O. The molecular weight excluding hydrogens is 192 g/mol. The number of nitrogens with zero attached hydrogens (tertiary/aromatic N) is 4. The second-order valence-corrected chi connectivity index (χ2v) is 3.88. The summed E-state index contributed by atoms with van der Waals surface area (Å²) in [5.74, 6) is 1.26. The fourth-order valence-electron chi connectivity index (χ4n) is 1.71. The van der Waals surface area contributed by atoms with E-state index in [1.807, 2.05) is 6.92 Å². The highest BCUT2D eigenvalue weighted by molar-refractivity contribution is 5.79. The van der Waals surface area contributed by atoms with Crippen molar-refractivity contribution in [3.63, 3.8) is 0 Å². The van der Waals surface area contributed by atoms with Gasteiger partial charge in [-0.05, 0) is 19.8 Å². The van der Waals surface area contributed by atoms with Gasteiger partial charge >= 0.3 is 0 Å². The Hall–Kier alpha value is -1.65. The second kappa shape index (κ2) is 2.92. The highest BCUT2D eigenvalue weighted by Crippen LogP contribution is 2.39. The van der Waals surface area contributed by atoms with E-state index in [2.05, 4.69) is 15.1 Å². The molecule has 78 valence electrons. The van der Waals surface area contributed by atoms with Crippen LogP contribution in [0.4, 0.5) is 0 Å². The topological polar surface area (TPSA) is 63.8 Å². The number of hydrogen-bond acceptors (Lipinski definition) is 4. The third-order valence-corrected chi connectivity index (χ3v) is 2.74. The molecule has 5 nitrogen and oxygen atoms in total. The monoisotopic (exact) mass is 204 g/mol. The molecule has 2 aromatic heterocycles. The summed E-state index contributed by atoms with van der Waals surface area (Å²) in [5, 5.41) is 14.5. The Kier molecular flexibility index (Phi) is 1.68. The lowest BCUT2D eigenvalue weighted by Gasteiger charge is -2.01. The van der Waals surface area contributed by atoms with E-state index in [1.165, 1.54) is 0 Å². The van der Waals surface area contributed by atoms with E-state index in [4.69, 9.17) is 0 Å². The fraction of sp³-hybridized carbons (Fsp3) is 0.500. The Bertz CT molecular complexity index is 515. The quantitative estimate of drug-likeness (QED) is 0.803. The Morgan fingerprint density at radius 3 is 2.93 bits per heavy atom. The van der Waals surface area contributed by atoms with Gasteiger partial charge in [-0.15, -0.1) is 0 Å². The minimum Gasteiger partial charge on any atom is -0.493 e. The number of rotatable bonds is 2. The van der Waals surface area contributed by atoms with Gasteiger partial charge in [-0.2, -0.15) is 10.1 Å². The first kappa shape index (κ1) is 8.64. The third kappa shape index (κ3) is 1.26. The first-order valence-corrected chi connectivity index (χ1v) is 5.22. The van der Waals surface area contributed by atoms with Crippen LogP contribution >= 0.6 is 0 Å². The first-order chi connectivity index (χ1) is 7.29. The first-order valence-electron chi connectivity index (χ1n) is 5.22. The van der Waals surface area contributed by atoms with Gasteiger partial charge in [0.05, 0.1) is 6.20 Å². The number of aryl methyl sites for hydroxylation is 1. The summed E-state index contributed by atoms with van der Waals surface area (Å²) in [7, 11) is 0. The maximum absolute atomic E-state index is 9.73. The predicted octanol–water partition coefficient (Wildman–Crippen LogP) is 1.43. The fourth-order valence-corrected chi connectivity index (χ4v) is 1.71. The molecule has 0 bridgehead atoms. The van der Waals surface area contributed by atoms with Crippen LogP contribution in [0.25, 0.3) is 11.0 Å². The van der Waals surface area contributed by atoms with Crippen LogP contribution in [0.3, 0.4) is 0 Å². The Morgan fingerprint density at radius 2 is 2.27 bits per heavy atom. The van der Waals surface area contributed by atoms with Gasteiger partial charge in [-0.3, -0.25) is 0 Å².